The molecule has 3 aromatic rings. The topological polar surface area (TPSA) is 88.4 Å². The highest BCUT2D eigenvalue weighted by Crippen LogP contribution is 2.24. The number of hydrogen-bond donors (Lipinski definition) is 1. The summed E-state index contributed by atoms with van der Waals surface area (Å²) in [6.45, 7) is 4.56. The molecule has 0 aliphatic carbocycles. The summed E-state index contributed by atoms with van der Waals surface area (Å²) >= 11 is 0. The zero-order chi connectivity index (χ0) is 20.9. The quantitative estimate of drug-likeness (QED) is 0.699. The number of benzene rings is 2. The summed E-state index contributed by atoms with van der Waals surface area (Å²) in [5, 5.41) is 15.2. The van der Waals surface area contributed by atoms with E-state index < -0.39 is 0 Å². The molecule has 1 fully saturated rings. The number of nitrogens with one attached hydrogen (secondary N) is 1. The molecule has 2 heterocycles. The van der Waals surface area contributed by atoms with E-state index in [9.17, 15) is 4.79 Å². The molecular formula is C21H25N7O2. The predicted octanol–water partition coefficient (Wildman–Crippen LogP) is 2.59. The minimum absolute atomic E-state index is 0.144. The first-order valence-corrected chi connectivity index (χ1v) is 10.0. The third-order valence-corrected chi connectivity index (χ3v) is 5.21. The molecule has 9 heteroatoms. The van der Waals surface area contributed by atoms with Crippen molar-refractivity contribution in [2.75, 3.05) is 43.5 Å². The molecule has 0 saturated carbocycles. The van der Waals surface area contributed by atoms with Gasteiger partial charge in [-0.3, -0.25) is 0 Å². The molecule has 1 aliphatic heterocycles. The van der Waals surface area contributed by atoms with Gasteiger partial charge in [0.1, 0.15) is 5.75 Å². The second-order valence-corrected chi connectivity index (χ2v) is 7.02. The van der Waals surface area contributed by atoms with Crippen LogP contribution in [0.25, 0.3) is 5.69 Å². The van der Waals surface area contributed by atoms with Crippen molar-refractivity contribution in [1.29, 1.82) is 0 Å². The van der Waals surface area contributed by atoms with Crippen molar-refractivity contribution < 1.29 is 9.53 Å². The molecular weight excluding hydrogens is 382 g/mol. The Morgan fingerprint density at radius 3 is 2.67 bits per heavy atom. The Morgan fingerprint density at radius 2 is 1.90 bits per heavy atom. The molecule has 0 atom stereocenters. The van der Waals surface area contributed by atoms with Crippen molar-refractivity contribution in [3.63, 3.8) is 0 Å². The third kappa shape index (κ3) is 4.05. The molecule has 1 aromatic heterocycles. The van der Waals surface area contributed by atoms with Gasteiger partial charge in [-0.05, 0) is 46.7 Å². The van der Waals surface area contributed by atoms with Crippen LogP contribution in [0.1, 0.15) is 12.5 Å². The van der Waals surface area contributed by atoms with Crippen LogP contribution < -0.4 is 15.0 Å². The lowest BCUT2D eigenvalue weighted by Gasteiger charge is -2.34. The highest BCUT2D eigenvalue weighted by atomic mass is 16.5. The molecule has 1 N–H and O–H groups in total. The number of aryl methyl sites for hydroxylation is 1. The molecule has 30 heavy (non-hydrogen) atoms. The van der Waals surface area contributed by atoms with Crippen molar-refractivity contribution in [1.82, 2.24) is 25.1 Å². The second-order valence-electron chi connectivity index (χ2n) is 7.02. The fourth-order valence-electron chi connectivity index (χ4n) is 3.51. The normalized spacial score (nSPS) is 13.9. The Bertz CT molecular complexity index is 1010. The van der Waals surface area contributed by atoms with Crippen molar-refractivity contribution in [3.05, 3.63) is 54.1 Å². The largest absolute Gasteiger partial charge is 0.495 e. The van der Waals surface area contributed by atoms with Crippen LogP contribution in [0.2, 0.25) is 0 Å². The number of tetrazole rings is 1. The standard InChI is InChI=1S/C21H25N7O2/c1-3-16-7-6-8-17(15-16)28-20(23-24-25-28)26-11-13-27(14-12-26)21(29)22-18-9-4-5-10-19(18)30-2/h4-10,15H,3,11-14H2,1-2H3,(H,22,29). The lowest BCUT2D eigenvalue weighted by molar-refractivity contribution is 0.207. The molecule has 2 aromatic carbocycles. The molecule has 9 nitrogen and oxygen atoms in total. The Morgan fingerprint density at radius 1 is 1.10 bits per heavy atom. The van der Waals surface area contributed by atoms with E-state index in [1.54, 1.807) is 16.7 Å². The van der Waals surface area contributed by atoms with Gasteiger partial charge in [-0.15, -0.1) is 0 Å². The van der Waals surface area contributed by atoms with E-state index in [2.05, 4.69) is 44.8 Å². The number of methoxy groups -OCH3 is 1. The number of amides is 2. The van der Waals surface area contributed by atoms with Gasteiger partial charge in [0.25, 0.3) is 0 Å². The molecule has 1 saturated heterocycles. The highest BCUT2D eigenvalue weighted by molar-refractivity contribution is 5.91. The summed E-state index contributed by atoms with van der Waals surface area (Å²) in [5.41, 5.74) is 2.82. The Kier molecular flexibility index (Phi) is 5.78. The predicted molar refractivity (Wildman–Crippen MR) is 114 cm³/mol. The average molecular weight is 407 g/mol. The fourth-order valence-corrected chi connectivity index (χ4v) is 3.51. The number of piperazine rings is 1. The number of aromatic nitrogens is 4. The third-order valence-electron chi connectivity index (χ3n) is 5.21. The number of nitrogens with zero attached hydrogens (tertiary/aromatic N) is 6. The number of para-hydroxylation sites is 2. The van der Waals surface area contributed by atoms with Crippen LogP contribution in [0.5, 0.6) is 5.75 Å². The van der Waals surface area contributed by atoms with E-state index >= 15 is 0 Å². The first kappa shape index (κ1) is 19.7. The maximum Gasteiger partial charge on any atom is 0.322 e. The van der Waals surface area contributed by atoms with Gasteiger partial charge in [0.15, 0.2) is 0 Å². The van der Waals surface area contributed by atoms with E-state index in [0.717, 1.165) is 12.1 Å². The van der Waals surface area contributed by atoms with Crippen LogP contribution in [-0.2, 0) is 6.42 Å². The van der Waals surface area contributed by atoms with Crippen molar-refractivity contribution in [2.45, 2.75) is 13.3 Å². The average Bonchev–Trinajstić information content (AvgIpc) is 3.29. The smallest absolute Gasteiger partial charge is 0.322 e. The van der Waals surface area contributed by atoms with Crippen LogP contribution >= 0.6 is 0 Å². The Balaban J connectivity index is 1.42. The van der Waals surface area contributed by atoms with E-state index in [1.165, 1.54) is 5.56 Å². The fraction of sp³-hybridized carbons (Fsp3) is 0.333. The molecule has 0 spiro atoms. The van der Waals surface area contributed by atoms with Gasteiger partial charge >= 0.3 is 6.03 Å². The summed E-state index contributed by atoms with van der Waals surface area (Å²) in [6, 6.07) is 15.4. The maximum absolute atomic E-state index is 12.7. The maximum atomic E-state index is 12.7. The van der Waals surface area contributed by atoms with Gasteiger partial charge in [0, 0.05) is 26.2 Å². The minimum Gasteiger partial charge on any atom is -0.495 e. The number of urea groups is 1. The molecule has 0 bridgehead atoms. The van der Waals surface area contributed by atoms with Crippen LogP contribution in [-0.4, -0.2) is 64.4 Å². The second kappa shape index (κ2) is 8.81. The number of ether oxygens (including phenoxy) is 1. The first-order valence-electron chi connectivity index (χ1n) is 10.0. The molecule has 0 radical (unpaired) electrons. The van der Waals surface area contributed by atoms with Crippen LogP contribution in [0.4, 0.5) is 16.4 Å². The lowest BCUT2D eigenvalue weighted by Crippen LogP contribution is -2.50. The van der Waals surface area contributed by atoms with Crippen molar-refractivity contribution in [2.24, 2.45) is 0 Å². The Labute approximate surface area is 175 Å². The first-order chi connectivity index (χ1) is 14.7. The monoisotopic (exact) mass is 407 g/mol. The highest BCUT2D eigenvalue weighted by Gasteiger charge is 2.25. The van der Waals surface area contributed by atoms with Gasteiger partial charge in [-0.2, -0.15) is 4.68 Å². The van der Waals surface area contributed by atoms with Gasteiger partial charge < -0.3 is 19.9 Å². The van der Waals surface area contributed by atoms with Gasteiger partial charge in [0.2, 0.25) is 5.95 Å². The number of carbonyl (C=O) groups is 1. The molecule has 2 amide bonds. The number of anilines is 2. The SMILES string of the molecule is CCc1cccc(-n2nnnc2N2CCN(C(=O)Nc3ccccc3OC)CC2)c1. The summed E-state index contributed by atoms with van der Waals surface area (Å²) < 4.78 is 7.06. The van der Waals surface area contributed by atoms with Gasteiger partial charge in [-0.1, -0.05) is 36.3 Å². The van der Waals surface area contributed by atoms with E-state index in [-0.39, 0.29) is 6.03 Å². The number of carbonyl (C=O) groups excluding carboxylic acids is 1. The molecule has 156 valence electrons. The zero-order valence-electron chi connectivity index (χ0n) is 17.2. The van der Waals surface area contributed by atoms with E-state index in [0.29, 0.717) is 43.6 Å². The summed E-state index contributed by atoms with van der Waals surface area (Å²) in [5.74, 6) is 1.33. The lowest BCUT2D eigenvalue weighted by atomic mass is 10.1. The molecule has 4 rings (SSSR count). The van der Waals surface area contributed by atoms with Crippen LogP contribution in [0, 0.1) is 0 Å². The van der Waals surface area contributed by atoms with Crippen molar-refractivity contribution in [3.8, 4) is 11.4 Å². The van der Waals surface area contributed by atoms with Crippen LogP contribution in [0.15, 0.2) is 48.5 Å². The number of hydrogen-bond acceptors (Lipinski definition) is 6. The van der Waals surface area contributed by atoms with E-state index in [1.807, 2.05) is 36.4 Å². The van der Waals surface area contributed by atoms with Gasteiger partial charge in [0.05, 0.1) is 18.5 Å². The minimum atomic E-state index is -0.144. The summed E-state index contributed by atoms with van der Waals surface area (Å²) in [4.78, 5) is 16.6. The molecule has 1 aliphatic rings. The Hall–Kier alpha value is -3.62. The zero-order valence-corrected chi connectivity index (χ0v) is 17.2. The van der Waals surface area contributed by atoms with Crippen LogP contribution in [0.3, 0.4) is 0 Å². The van der Waals surface area contributed by atoms with E-state index in [4.69, 9.17) is 4.74 Å². The summed E-state index contributed by atoms with van der Waals surface area (Å²) in [6.07, 6.45) is 0.950. The summed E-state index contributed by atoms with van der Waals surface area (Å²) in [7, 11) is 1.59. The van der Waals surface area contributed by atoms with Crippen molar-refractivity contribution >= 4 is 17.7 Å². The van der Waals surface area contributed by atoms with Gasteiger partial charge in [-0.25, -0.2) is 4.79 Å². The molecule has 0 unspecified atom stereocenters. The number of rotatable bonds is 5.